The fraction of sp³-hybridized carbons (Fsp3) is 0.638. The first-order valence-corrected chi connectivity index (χ1v) is 22.1. The van der Waals surface area contributed by atoms with Crippen LogP contribution in [0.25, 0.3) is 0 Å². The summed E-state index contributed by atoms with van der Waals surface area (Å²) < 4.78 is 23.0. The Labute approximate surface area is 408 Å². The van der Waals surface area contributed by atoms with Crippen molar-refractivity contribution in [1.29, 1.82) is 0 Å². The number of nitrogens with two attached hydrogens (primary N) is 1. The number of Topliss-reactive ketones (excluding diaryl/α,β-unsaturated/α-hetero) is 1. The number of carbonyl (C=O) groups is 3. The zero-order valence-corrected chi connectivity index (χ0v) is 40.4. The van der Waals surface area contributed by atoms with Crippen LogP contribution in [0.5, 0.6) is 0 Å². The molecule has 366 valence electrons. The Kier molecular flexibility index (Phi) is 26.4. The monoisotopic (exact) mass is 943 g/mol. The van der Waals surface area contributed by atoms with Crippen molar-refractivity contribution in [2.75, 3.05) is 0 Å². The first kappa shape index (κ1) is 59.4. The van der Waals surface area contributed by atoms with Gasteiger partial charge in [-0.1, -0.05) is 98.9 Å². The Hall–Kier alpha value is -2.73. The van der Waals surface area contributed by atoms with Crippen LogP contribution in [0.15, 0.2) is 85.1 Å². The molecular weight excluding hydrogens is 873 g/mol. The van der Waals surface area contributed by atoms with Crippen molar-refractivity contribution in [3.63, 3.8) is 0 Å². The summed E-state index contributed by atoms with van der Waals surface area (Å²) in [6, 6.07) is -1.16. The van der Waals surface area contributed by atoms with Crippen LogP contribution < -0.4 is 40.4 Å². The number of ether oxygens (including phenoxy) is 4. The van der Waals surface area contributed by atoms with E-state index in [0.717, 1.165) is 0 Å². The molecule has 19 heteroatoms. The minimum absolute atomic E-state index is 0. The summed E-state index contributed by atoms with van der Waals surface area (Å²) in [4.78, 5) is 37.7. The van der Waals surface area contributed by atoms with Gasteiger partial charge in [-0.3, -0.25) is 9.59 Å². The van der Waals surface area contributed by atoms with Crippen molar-refractivity contribution >= 4 is 17.7 Å². The Bertz CT molecular complexity index is 1720. The number of hydrogen-bond donors (Lipinski definition) is 10. The van der Waals surface area contributed by atoms with Crippen molar-refractivity contribution < 1.29 is 114 Å². The second-order valence-electron chi connectivity index (χ2n) is 17.4. The number of aliphatic hydroxyl groups excluding tert-OH is 8. The number of fused-ring (bicyclic) bond motifs is 2. The molecule has 0 aromatic rings. The number of allylic oxidation sites excluding steroid dienone is 12. The predicted molar refractivity (Wildman–Crippen MR) is 233 cm³/mol. The summed E-state index contributed by atoms with van der Waals surface area (Å²) in [5, 5.41) is 109. The van der Waals surface area contributed by atoms with E-state index >= 15 is 0 Å². The van der Waals surface area contributed by atoms with Crippen LogP contribution in [0.3, 0.4) is 0 Å². The summed E-state index contributed by atoms with van der Waals surface area (Å²) in [6.45, 7) is 6.69. The number of carboxylic acids is 1. The molecule has 66 heavy (non-hydrogen) atoms. The number of carboxylic acid groups (broad SMARTS) is 1. The first-order chi connectivity index (χ1) is 30.6. The molecule has 0 aromatic heterocycles. The summed E-state index contributed by atoms with van der Waals surface area (Å²) in [6.07, 6.45) is 3.19. The van der Waals surface area contributed by atoms with Gasteiger partial charge in [-0.2, -0.15) is 0 Å². The molecule has 3 aliphatic heterocycles. The number of rotatable bonds is 3. The molecule has 11 N–H and O–H groups in total. The molecule has 2 bridgehead atoms. The molecule has 0 amide bonds. The maximum absolute atomic E-state index is 12.7. The van der Waals surface area contributed by atoms with Crippen molar-refractivity contribution in [2.45, 2.75) is 170 Å². The first-order valence-electron chi connectivity index (χ1n) is 22.1. The molecule has 3 rings (SSSR count). The van der Waals surface area contributed by atoms with E-state index in [0.29, 0.717) is 0 Å². The molecule has 2 saturated heterocycles. The summed E-state index contributed by atoms with van der Waals surface area (Å²) in [7, 11) is 0. The molecule has 0 saturated carbocycles. The molecule has 18 nitrogen and oxygen atoms in total. The Morgan fingerprint density at radius 1 is 0.712 bits per heavy atom. The number of carbonyl (C=O) groups excluding carboxylic acids is 3. The number of hydrogen-bond acceptors (Lipinski definition) is 18. The van der Waals surface area contributed by atoms with E-state index in [1.54, 1.807) is 86.8 Å². The van der Waals surface area contributed by atoms with Crippen molar-refractivity contribution in [3.05, 3.63) is 85.1 Å². The average Bonchev–Trinajstić information content (AvgIpc) is 3.21. The maximum Gasteiger partial charge on any atom is 1.00 e. The largest absolute Gasteiger partial charge is 1.00 e. The van der Waals surface area contributed by atoms with Gasteiger partial charge in [-0.25, -0.2) is 0 Å². The molecule has 3 heterocycles. The second-order valence-corrected chi connectivity index (χ2v) is 17.4. The van der Waals surface area contributed by atoms with Crippen molar-refractivity contribution in [2.24, 2.45) is 23.5 Å². The molecule has 0 spiro atoms. The van der Waals surface area contributed by atoms with Crippen LogP contribution in [0, 0.1) is 17.8 Å². The van der Waals surface area contributed by atoms with E-state index in [4.69, 9.17) is 24.7 Å². The fourth-order valence-corrected chi connectivity index (χ4v) is 7.81. The van der Waals surface area contributed by atoms with Crippen LogP contribution in [0.1, 0.15) is 79.1 Å². The Morgan fingerprint density at radius 2 is 1.24 bits per heavy atom. The van der Waals surface area contributed by atoms with Gasteiger partial charge in [0.05, 0.1) is 79.4 Å². The zero-order valence-electron chi connectivity index (χ0n) is 38.4. The van der Waals surface area contributed by atoms with Crippen molar-refractivity contribution in [1.82, 2.24) is 0 Å². The molecule has 3 aliphatic rings. The quantitative estimate of drug-likeness (QED) is 0.0974. The van der Waals surface area contributed by atoms with Gasteiger partial charge in [0, 0.05) is 56.3 Å². The summed E-state index contributed by atoms with van der Waals surface area (Å²) in [5.74, 6) is -7.91. The van der Waals surface area contributed by atoms with Gasteiger partial charge in [0.2, 0.25) is 0 Å². The van der Waals surface area contributed by atoms with Gasteiger partial charge in [0.25, 0.3) is 0 Å². The molecular formula is C47H70NNaO17. The average molecular weight is 944 g/mol. The van der Waals surface area contributed by atoms with Crippen LogP contribution in [0.4, 0.5) is 0 Å². The SMILES string of the molecule is CC1\C=C/C=C/C=C/C=C/C=C/C=C/C=C/C(OC2OC(C)C(O)C(N)C2O)CC2OC(O)(CC(O)C(O)CCC(=O)CC(O)CC(O)CC(=O)OC(C)C(C)C1O)CC(O)C2C(=O)[O-].[Na+]. The second kappa shape index (κ2) is 29.3. The summed E-state index contributed by atoms with van der Waals surface area (Å²) in [5.41, 5.74) is 6.00. The van der Waals surface area contributed by atoms with E-state index in [-0.39, 0.29) is 61.2 Å². The normalized spacial score (nSPS) is 43.7. The minimum Gasteiger partial charge on any atom is -0.550 e. The van der Waals surface area contributed by atoms with E-state index in [1.165, 1.54) is 13.0 Å². The number of cyclic esters (lactones) is 1. The molecule has 0 aromatic carbocycles. The summed E-state index contributed by atoms with van der Waals surface area (Å²) >= 11 is 0. The van der Waals surface area contributed by atoms with Gasteiger partial charge >= 0.3 is 35.5 Å². The Balaban J connectivity index is 0.0000150. The van der Waals surface area contributed by atoms with Gasteiger partial charge in [-0.15, -0.1) is 0 Å². The molecule has 2 fully saturated rings. The smallest absolute Gasteiger partial charge is 0.550 e. The number of esters is 1. The van der Waals surface area contributed by atoms with Gasteiger partial charge in [0.1, 0.15) is 18.0 Å². The molecule has 0 aliphatic carbocycles. The fourth-order valence-electron chi connectivity index (χ4n) is 7.81. The van der Waals surface area contributed by atoms with E-state index < -0.39 is 147 Å². The van der Waals surface area contributed by atoms with E-state index in [9.17, 15) is 65.4 Å². The third-order valence-corrected chi connectivity index (χ3v) is 11.9. The molecule has 18 atom stereocenters. The van der Waals surface area contributed by atoms with Gasteiger partial charge < -0.3 is 80.5 Å². The maximum atomic E-state index is 12.7. The third kappa shape index (κ3) is 19.7. The third-order valence-electron chi connectivity index (χ3n) is 11.9. The standard InChI is InChI=1S/C47H71NO17.Na/c1-27-17-15-13-11-9-7-5-6-8-10-12-14-16-18-34(64-46-44(58)41(48)43(57)30(4)63-46)24-38-40(45(59)60)37(54)26-47(61,65-38)25-36(53)35(52)20-19-31(49)21-32(50)22-33(51)23-39(55)62-29(3)28(2)42(27)56;/h5-18,27-30,32-38,40-44,46,50-54,56-58,61H,19-26,48H2,1-4H3,(H,59,60);/q;+1/p-1/b6-5+,9-7+,10-8+,13-11+,14-12+,17-15-,18-16+;. The number of ketones is 1. The van der Waals surface area contributed by atoms with Crippen molar-refractivity contribution in [3.8, 4) is 0 Å². The van der Waals surface area contributed by atoms with Crippen LogP contribution >= 0.6 is 0 Å². The van der Waals surface area contributed by atoms with E-state index in [1.807, 2.05) is 13.0 Å². The number of aliphatic carboxylic acids is 1. The van der Waals surface area contributed by atoms with Gasteiger partial charge in [0.15, 0.2) is 12.1 Å². The van der Waals surface area contributed by atoms with Crippen LogP contribution in [0.2, 0.25) is 0 Å². The Morgan fingerprint density at radius 3 is 1.82 bits per heavy atom. The topological polar surface area (TPSA) is 319 Å². The zero-order chi connectivity index (χ0) is 48.4. The minimum atomic E-state index is -2.41. The molecule has 18 unspecified atom stereocenters. The van der Waals surface area contributed by atoms with Crippen LogP contribution in [-0.2, 0) is 33.3 Å². The van der Waals surface area contributed by atoms with E-state index in [2.05, 4.69) is 0 Å². The van der Waals surface area contributed by atoms with Crippen LogP contribution in [-0.4, -0.2) is 155 Å². The molecule has 0 radical (unpaired) electrons. The predicted octanol–water partition coefficient (Wildman–Crippen LogP) is -3.41. The number of aliphatic hydroxyl groups is 9. The van der Waals surface area contributed by atoms with Gasteiger partial charge in [-0.05, 0) is 20.3 Å².